The van der Waals surface area contributed by atoms with Gasteiger partial charge in [0.05, 0.1) is 5.69 Å². The smallest absolute Gasteiger partial charge is 0.254 e. The summed E-state index contributed by atoms with van der Waals surface area (Å²) in [6.07, 6.45) is 3.51. The average Bonchev–Trinajstić information content (AvgIpc) is 3.27. The van der Waals surface area contributed by atoms with Gasteiger partial charge in [0.2, 0.25) is 0 Å². The number of hydrogen-bond acceptors (Lipinski definition) is 4. The SMILES string of the molecule is Cc1cc(C2CCCN(C(=O)c3ccccc3-c3ccccc3)C2)n2ncnc2n1. The second-order valence-corrected chi connectivity index (χ2v) is 7.80. The number of hydrogen-bond donors (Lipinski definition) is 0. The molecule has 0 aliphatic carbocycles. The van der Waals surface area contributed by atoms with E-state index in [2.05, 4.69) is 21.1 Å². The quantitative estimate of drug-likeness (QED) is 0.522. The van der Waals surface area contributed by atoms with Crippen molar-refractivity contribution in [3.63, 3.8) is 0 Å². The Morgan fingerprint density at radius 1 is 1.07 bits per heavy atom. The summed E-state index contributed by atoms with van der Waals surface area (Å²) in [6, 6.07) is 20.0. The van der Waals surface area contributed by atoms with Gasteiger partial charge in [0.25, 0.3) is 11.7 Å². The van der Waals surface area contributed by atoms with Crippen molar-refractivity contribution >= 4 is 11.7 Å². The highest BCUT2D eigenvalue weighted by Crippen LogP contribution is 2.30. The molecular formula is C24H23N5O. The van der Waals surface area contributed by atoms with Gasteiger partial charge in [-0.2, -0.15) is 10.1 Å². The maximum absolute atomic E-state index is 13.5. The first kappa shape index (κ1) is 18.5. The summed E-state index contributed by atoms with van der Waals surface area (Å²) in [5.41, 5.74) is 4.78. The van der Waals surface area contributed by atoms with Crippen LogP contribution in [0, 0.1) is 6.92 Å². The zero-order valence-corrected chi connectivity index (χ0v) is 16.9. The molecule has 1 unspecified atom stereocenters. The zero-order chi connectivity index (χ0) is 20.5. The second kappa shape index (κ2) is 7.71. The largest absolute Gasteiger partial charge is 0.338 e. The summed E-state index contributed by atoms with van der Waals surface area (Å²) in [5, 5.41) is 4.36. The maximum Gasteiger partial charge on any atom is 0.254 e. The van der Waals surface area contributed by atoms with Crippen LogP contribution in [0.5, 0.6) is 0 Å². The fourth-order valence-corrected chi connectivity index (χ4v) is 4.36. The molecule has 5 rings (SSSR count). The molecular weight excluding hydrogens is 374 g/mol. The normalized spacial score (nSPS) is 16.7. The Bertz CT molecular complexity index is 1200. The Labute approximate surface area is 175 Å². The van der Waals surface area contributed by atoms with Gasteiger partial charge < -0.3 is 4.90 Å². The van der Waals surface area contributed by atoms with E-state index in [1.54, 1.807) is 0 Å². The van der Waals surface area contributed by atoms with Crippen LogP contribution in [0.1, 0.15) is 40.5 Å². The first-order valence-electron chi connectivity index (χ1n) is 10.3. The lowest BCUT2D eigenvalue weighted by Crippen LogP contribution is -2.39. The molecule has 6 heteroatoms. The summed E-state index contributed by atoms with van der Waals surface area (Å²) in [5.74, 6) is 0.903. The Kier molecular flexibility index (Phi) is 4.75. The fraction of sp³-hybridized carbons (Fsp3) is 0.250. The minimum Gasteiger partial charge on any atom is -0.338 e. The van der Waals surface area contributed by atoms with Crippen LogP contribution in [0.4, 0.5) is 0 Å². The van der Waals surface area contributed by atoms with E-state index in [1.807, 2.05) is 70.9 Å². The molecule has 0 spiro atoms. The van der Waals surface area contributed by atoms with Gasteiger partial charge in [-0.3, -0.25) is 4.79 Å². The summed E-state index contributed by atoms with van der Waals surface area (Å²) >= 11 is 0. The lowest BCUT2D eigenvalue weighted by atomic mass is 9.92. The molecule has 1 fully saturated rings. The minimum atomic E-state index is 0.0831. The van der Waals surface area contributed by atoms with E-state index < -0.39 is 0 Å². The number of benzene rings is 2. The Morgan fingerprint density at radius 3 is 2.73 bits per heavy atom. The Hall–Kier alpha value is -3.54. The van der Waals surface area contributed by atoms with Gasteiger partial charge in [-0.1, -0.05) is 48.5 Å². The summed E-state index contributed by atoms with van der Waals surface area (Å²) < 4.78 is 1.81. The molecule has 1 aliphatic rings. The number of carbonyl (C=O) groups excluding carboxylic acids is 1. The predicted molar refractivity (Wildman–Crippen MR) is 115 cm³/mol. The molecule has 4 aromatic rings. The van der Waals surface area contributed by atoms with Gasteiger partial charge in [0.1, 0.15) is 6.33 Å². The van der Waals surface area contributed by atoms with Crippen molar-refractivity contribution in [2.45, 2.75) is 25.7 Å². The van der Waals surface area contributed by atoms with Crippen molar-refractivity contribution in [2.24, 2.45) is 0 Å². The van der Waals surface area contributed by atoms with Gasteiger partial charge in [-0.05, 0) is 43.0 Å². The molecule has 1 saturated heterocycles. The minimum absolute atomic E-state index is 0.0831. The number of carbonyl (C=O) groups is 1. The highest BCUT2D eigenvalue weighted by Gasteiger charge is 2.28. The van der Waals surface area contributed by atoms with Crippen LogP contribution in [0.2, 0.25) is 0 Å². The molecule has 2 aromatic heterocycles. The van der Waals surface area contributed by atoms with Crippen molar-refractivity contribution in [1.82, 2.24) is 24.5 Å². The zero-order valence-electron chi connectivity index (χ0n) is 16.9. The number of piperidine rings is 1. The number of aromatic nitrogens is 4. The van der Waals surface area contributed by atoms with Crippen molar-refractivity contribution in [3.8, 4) is 11.1 Å². The standard InChI is InChI=1S/C24H23N5O/c1-17-14-22(29-24(27-17)25-16-26-29)19-10-7-13-28(15-19)23(30)21-12-6-5-11-20(21)18-8-3-2-4-9-18/h2-6,8-9,11-12,14,16,19H,7,10,13,15H2,1H3. The highest BCUT2D eigenvalue weighted by atomic mass is 16.2. The predicted octanol–water partition coefficient (Wildman–Crippen LogP) is 4.12. The van der Waals surface area contributed by atoms with Gasteiger partial charge >= 0.3 is 0 Å². The number of aryl methyl sites for hydroxylation is 1. The first-order valence-corrected chi connectivity index (χ1v) is 10.3. The molecule has 0 saturated carbocycles. The van der Waals surface area contributed by atoms with E-state index in [0.717, 1.165) is 47.5 Å². The molecule has 0 bridgehead atoms. The molecule has 1 atom stereocenters. The molecule has 30 heavy (non-hydrogen) atoms. The van der Waals surface area contributed by atoms with Crippen LogP contribution < -0.4 is 0 Å². The number of fused-ring (bicyclic) bond motifs is 1. The molecule has 150 valence electrons. The first-order chi connectivity index (χ1) is 14.7. The van der Waals surface area contributed by atoms with E-state index >= 15 is 0 Å². The monoisotopic (exact) mass is 397 g/mol. The number of likely N-dealkylation sites (tertiary alicyclic amines) is 1. The third-order valence-electron chi connectivity index (χ3n) is 5.78. The summed E-state index contributed by atoms with van der Waals surface area (Å²) in [7, 11) is 0. The fourth-order valence-electron chi connectivity index (χ4n) is 4.36. The third kappa shape index (κ3) is 3.34. The van der Waals surface area contributed by atoms with E-state index in [0.29, 0.717) is 12.3 Å². The molecule has 2 aromatic carbocycles. The highest BCUT2D eigenvalue weighted by molar-refractivity contribution is 6.01. The molecule has 6 nitrogen and oxygen atoms in total. The van der Waals surface area contributed by atoms with Crippen LogP contribution in [0.25, 0.3) is 16.9 Å². The summed E-state index contributed by atoms with van der Waals surface area (Å²) in [6.45, 7) is 3.41. The molecule has 3 heterocycles. The summed E-state index contributed by atoms with van der Waals surface area (Å²) in [4.78, 5) is 24.2. The van der Waals surface area contributed by atoms with Crippen LogP contribution in [-0.4, -0.2) is 43.5 Å². The lowest BCUT2D eigenvalue weighted by Gasteiger charge is -2.33. The molecule has 0 radical (unpaired) electrons. The van der Waals surface area contributed by atoms with E-state index in [9.17, 15) is 4.79 Å². The number of amides is 1. The molecule has 0 N–H and O–H groups in total. The molecule has 1 amide bonds. The van der Waals surface area contributed by atoms with E-state index in [1.165, 1.54) is 6.33 Å². The van der Waals surface area contributed by atoms with Crippen LogP contribution in [0.3, 0.4) is 0 Å². The topological polar surface area (TPSA) is 63.4 Å². The lowest BCUT2D eigenvalue weighted by molar-refractivity contribution is 0.0706. The third-order valence-corrected chi connectivity index (χ3v) is 5.78. The van der Waals surface area contributed by atoms with Crippen molar-refractivity contribution in [3.05, 3.63) is 83.9 Å². The van der Waals surface area contributed by atoms with Crippen LogP contribution in [0.15, 0.2) is 67.0 Å². The van der Waals surface area contributed by atoms with Crippen LogP contribution in [-0.2, 0) is 0 Å². The number of rotatable bonds is 3. The van der Waals surface area contributed by atoms with Gasteiger partial charge in [-0.15, -0.1) is 0 Å². The van der Waals surface area contributed by atoms with Crippen molar-refractivity contribution in [2.75, 3.05) is 13.1 Å². The van der Waals surface area contributed by atoms with Gasteiger partial charge in [0.15, 0.2) is 0 Å². The van der Waals surface area contributed by atoms with Crippen molar-refractivity contribution < 1.29 is 4.79 Å². The Balaban J connectivity index is 1.46. The van der Waals surface area contributed by atoms with Crippen LogP contribution >= 0.6 is 0 Å². The second-order valence-electron chi connectivity index (χ2n) is 7.80. The Morgan fingerprint density at radius 2 is 1.87 bits per heavy atom. The van der Waals surface area contributed by atoms with Gasteiger partial charge in [0, 0.05) is 30.3 Å². The van der Waals surface area contributed by atoms with E-state index in [-0.39, 0.29) is 11.8 Å². The maximum atomic E-state index is 13.5. The molecule has 1 aliphatic heterocycles. The van der Waals surface area contributed by atoms with Gasteiger partial charge in [-0.25, -0.2) is 9.50 Å². The van der Waals surface area contributed by atoms with Crippen molar-refractivity contribution in [1.29, 1.82) is 0 Å². The number of nitrogens with zero attached hydrogens (tertiary/aromatic N) is 5. The van der Waals surface area contributed by atoms with E-state index in [4.69, 9.17) is 0 Å². The average molecular weight is 397 g/mol.